The van der Waals surface area contributed by atoms with E-state index in [1.54, 1.807) is 21.9 Å². The molecule has 3 N–H and O–H groups in total. The molecule has 2 amide bonds. The van der Waals surface area contributed by atoms with Crippen LogP contribution in [0.1, 0.15) is 5.56 Å². The Morgan fingerprint density at radius 3 is 2.33 bits per heavy atom. The molecule has 0 aliphatic carbocycles. The Labute approximate surface area is 141 Å². The topological polar surface area (TPSA) is 113 Å². The largest absolute Gasteiger partial charge is 0.342 e. The van der Waals surface area contributed by atoms with Crippen LogP contribution in [0.5, 0.6) is 0 Å². The lowest BCUT2D eigenvalue weighted by Crippen LogP contribution is -2.50. The standard InChI is InChI=1S/C15H22N4O4S/c16-24(22,23)14-3-1-13(2-4-14)5-6-17-11-15(21)19-9-7-18(12-20)8-10-19/h1-4,12,17H,5-11H2,(H2,16,22,23). The third-order valence-electron chi connectivity index (χ3n) is 3.93. The van der Waals surface area contributed by atoms with Crippen LogP contribution in [0.3, 0.4) is 0 Å². The van der Waals surface area contributed by atoms with E-state index in [1.165, 1.54) is 12.1 Å². The number of nitrogens with one attached hydrogen (secondary N) is 1. The number of hydrogen-bond donors (Lipinski definition) is 2. The number of amides is 2. The highest BCUT2D eigenvalue weighted by atomic mass is 32.2. The van der Waals surface area contributed by atoms with Gasteiger partial charge < -0.3 is 15.1 Å². The van der Waals surface area contributed by atoms with Gasteiger partial charge in [-0.2, -0.15) is 0 Å². The predicted octanol–water partition coefficient (Wildman–Crippen LogP) is -1.23. The van der Waals surface area contributed by atoms with E-state index in [2.05, 4.69) is 5.32 Å². The molecule has 0 unspecified atom stereocenters. The van der Waals surface area contributed by atoms with E-state index in [-0.39, 0.29) is 17.3 Å². The minimum absolute atomic E-state index is 0.0186. The van der Waals surface area contributed by atoms with E-state index >= 15 is 0 Å². The van der Waals surface area contributed by atoms with E-state index in [9.17, 15) is 18.0 Å². The zero-order valence-electron chi connectivity index (χ0n) is 13.3. The van der Waals surface area contributed by atoms with Gasteiger partial charge in [-0.15, -0.1) is 0 Å². The second-order valence-electron chi connectivity index (χ2n) is 5.64. The first kappa shape index (κ1) is 18.4. The van der Waals surface area contributed by atoms with E-state index < -0.39 is 10.0 Å². The molecule has 1 aliphatic heterocycles. The smallest absolute Gasteiger partial charge is 0.238 e. The summed E-state index contributed by atoms with van der Waals surface area (Å²) in [4.78, 5) is 26.1. The van der Waals surface area contributed by atoms with Crippen molar-refractivity contribution in [2.75, 3.05) is 39.3 Å². The Bertz CT molecular complexity index is 667. The number of primary sulfonamides is 1. The number of nitrogens with zero attached hydrogens (tertiary/aromatic N) is 2. The number of sulfonamides is 1. The van der Waals surface area contributed by atoms with Crippen molar-refractivity contribution in [2.24, 2.45) is 5.14 Å². The Kier molecular flexibility index (Phi) is 6.29. The minimum Gasteiger partial charge on any atom is -0.342 e. The Hall–Kier alpha value is -1.97. The molecule has 1 aliphatic rings. The zero-order valence-corrected chi connectivity index (χ0v) is 14.2. The molecule has 0 bridgehead atoms. The number of carbonyl (C=O) groups excluding carboxylic acids is 2. The van der Waals surface area contributed by atoms with Crippen molar-refractivity contribution >= 4 is 22.3 Å². The van der Waals surface area contributed by atoms with Gasteiger partial charge >= 0.3 is 0 Å². The van der Waals surface area contributed by atoms with E-state index in [4.69, 9.17) is 5.14 Å². The van der Waals surface area contributed by atoms with E-state index in [0.717, 1.165) is 12.0 Å². The number of benzene rings is 1. The summed E-state index contributed by atoms with van der Waals surface area (Å²) in [5.74, 6) is 0.0186. The highest BCUT2D eigenvalue weighted by Crippen LogP contribution is 2.08. The van der Waals surface area contributed by atoms with Gasteiger partial charge in [0.1, 0.15) is 0 Å². The minimum atomic E-state index is -3.67. The summed E-state index contributed by atoms with van der Waals surface area (Å²) in [6, 6.07) is 6.37. The van der Waals surface area contributed by atoms with Crippen molar-refractivity contribution in [3.05, 3.63) is 29.8 Å². The molecule has 1 heterocycles. The monoisotopic (exact) mass is 354 g/mol. The lowest BCUT2D eigenvalue weighted by molar-refractivity contribution is -0.134. The molecule has 0 atom stereocenters. The highest BCUT2D eigenvalue weighted by Gasteiger charge is 2.19. The summed E-state index contributed by atoms with van der Waals surface area (Å²) in [5.41, 5.74) is 0.960. The number of carbonyl (C=O) groups is 2. The van der Waals surface area contributed by atoms with Crippen molar-refractivity contribution in [3.8, 4) is 0 Å². The number of hydrogen-bond acceptors (Lipinski definition) is 5. The number of piperazine rings is 1. The summed E-state index contributed by atoms with van der Waals surface area (Å²) < 4.78 is 22.3. The SMILES string of the molecule is NS(=O)(=O)c1ccc(CCNCC(=O)N2CCN(C=O)CC2)cc1. The fourth-order valence-electron chi connectivity index (χ4n) is 2.46. The third kappa shape index (κ3) is 5.29. The second kappa shape index (κ2) is 8.22. The molecule has 8 nitrogen and oxygen atoms in total. The molecule has 132 valence electrons. The van der Waals surface area contributed by atoms with Gasteiger partial charge in [0.25, 0.3) is 0 Å². The van der Waals surface area contributed by atoms with Crippen LogP contribution in [0.15, 0.2) is 29.2 Å². The van der Waals surface area contributed by atoms with Crippen molar-refractivity contribution in [3.63, 3.8) is 0 Å². The van der Waals surface area contributed by atoms with Crippen LogP contribution in [0.4, 0.5) is 0 Å². The van der Waals surface area contributed by atoms with Crippen LogP contribution < -0.4 is 10.5 Å². The summed E-state index contributed by atoms with van der Waals surface area (Å²) in [6.07, 6.45) is 1.48. The Balaban J connectivity index is 1.69. The molecular formula is C15H22N4O4S. The summed E-state index contributed by atoms with van der Waals surface area (Å²) in [5, 5.41) is 8.13. The first-order chi connectivity index (χ1) is 11.4. The molecule has 0 aromatic heterocycles. The molecule has 1 saturated heterocycles. The van der Waals surface area contributed by atoms with Gasteiger partial charge in [-0.05, 0) is 30.7 Å². The number of rotatable bonds is 7. The maximum Gasteiger partial charge on any atom is 0.238 e. The molecule has 1 fully saturated rings. The molecule has 9 heteroatoms. The maximum absolute atomic E-state index is 12.0. The first-order valence-electron chi connectivity index (χ1n) is 7.70. The van der Waals surface area contributed by atoms with Gasteiger partial charge in [-0.1, -0.05) is 12.1 Å². The zero-order chi connectivity index (χ0) is 17.6. The van der Waals surface area contributed by atoms with Crippen LogP contribution in [0, 0.1) is 0 Å². The predicted molar refractivity (Wildman–Crippen MR) is 88.6 cm³/mol. The quantitative estimate of drug-likeness (QED) is 0.470. The fourth-order valence-corrected chi connectivity index (χ4v) is 2.98. The van der Waals surface area contributed by atoms with Gasteiger partial charge in [-0.25, -0.2) is 13.6 Å². The first-order valence-corrected chi connectivity index (χ1v) is 9.24. The number of nitrogens with two attached hydrogens (primary N) is 1. The van der Waals surface area contributed by atoms with E-state index in [0.29, 0.717) is 39.1 Å². The molecule has 1 aromatic rings. The summed E-state index contributed by atoms with van der Waals surface area (Å²) in [6.45, 7) is 3.13. The van der Waals surface area contributed by atoms with Gasteiger partial charge in [0, 0.05) is 26.2 Å². The van der Waals surface area contributed by atoms with Crippen molar-refractivity contribution in [1.82, 2.24) is 15.1 Å². The van der Waals surface area contributed by atoms with Gasteiger partial charge in [0.05, 0.1) is 11.4 Å². The van der Waals surface area contributed by atoms with Crippen LogP contribution >= 0.6 is 0 Å². The molecule has 0 spiro atoms. The van der Waals surface area contributed by atoms with Crippen molar-refractivity contribution < 1.29 is 18.0 Å². The molecular weight excluding hydrogens is 332 g/mol. The van der Waals surface area contributed by atoms with Gasteiger partial charge in [0.2, 0.25) is 22.3 Å². The van der Waals surface area contributed by atoms with Gasteiger partial charge in [0.15, 0.2) is 0 Å². The molecule has 0 saturated carbocycles. The van der Waals surface area contributed by atoms with Gasteiger partial charge in [-0.3, -0.25) is 9.59 Å². The average Bonchev–Trinajstić information content (AvgIpc) is 2.58. The van der Waals surface area contributed by atoms with Crippen molar-refractivity contribution in [1.29, 1.82) is 0 Å². The van der Waals surface area contributed by atoms with Crippen LogP contribution in [0.25, 0.3) is 0 Å². The normalized spacial score (nSPS) is 15.4. The highest BCUT2D eigenvalue weighted by molar-refractivity contribution is 7.89. The van der Waals surface area contributed by atoms with E-state index in [1.807, 2.05) is 0 Å². The fraction of sp³-hybridized carbons (Fsp3) is 0.467. The lowest BCUT2D eigenvalue weighted by atomic mass is 10.1. The van der Waals surface area contributed by atoms with Crippen molar-refractivity contribution in [2.45, 2.75) is 11.3 Å². The summed E-state index contributed by atoms with van der Waals surface area (Å²) >= 11 is 0. The maximum atomic E-state index is 12.0. The molecule has 2 rings (SSSR count). The summed E-state index contributed by atoms with van der Waals surface area (Å²) in [7, 11) is -3.67. The molecule has 24 heavy (non-hydrogen) atoms. The Morgan fingerprint density at radius 1 is 1.17 bits per heavy atom. The molecule has 1 aromatic carbocycles. The second-order valence-corrected chi connectivity index (χ2v) is 7.20. The average molecular weight is 354 g/mol. The Morgan fingerprint density at radius 2 is 1.79 bits per heavy atom. The third-order valence-corrected chi connectivity index (χ3v) is 4.86. The lowest BCUT2D eigenvalue weighted by Gasteiger charge is -2.32. The molecule has 0 radical (unpaired) electrons. The van der Waals surface area contributed by atoms with Crippen LogP contribution in [-0.2, 0) is 26.0 Å². The van der Waals surface area contributed by atoms with Crippen LogP contribution in [-0.4, -0.2) is 69.8 Å². The van der Waals surface area contributed by atoms with Crippen LogP contribution in [0.2, 0.25) is 0 Å².